The summed E-state index contributed by atoms with van der Waals surface area (Å²) in [6, 6.07) is 12.9. The number of amides is 1. The molecule has 2 aromatic rings. The van der Waals surface area contributed by atoms with Gasteiger partial charge in [-0.1, -0.05) is 41.9 Å². The zero-order chi connectivity index (χ0) is 13.7. The standard InChI is InChI=1S/C14H15ClN2OS/c15-13-7-6-11(19-13)9-17-14(18)12(16)8-10-4-2-1-3-5-10/h1-7,12H,8-9,16H2,(H,17,18)/t12-/m1/s1. The van der Waals surface area contributed by atoms with Gasteiger partial charge in [-0.05, 0) is 24.1 Å². The molecule has 0 spiro atoms. The lowest BCUT2D eigenvalue weighted by Crippen LogP contribution is -2.41. The van der Waals surface area contributed by atoms with Gasteiger partial charge in [-0.25, -0.2) is 0 Å². The fourth-order valence-electron chi connectivity index (χ4n) is 1.71. The maximum atomic E-state index is 11.9. The summed E-state index contributed by atoms with van der Waals surface area (Å²) in [7, 11) is 0. The number of nitrogens with one attached hydrogen (secondary N) is 1. The van der Waals surface area contributed by atoms with Crippen LogP contribution < -0.4 is 11.1 Å². The minimum Gasteiger partial charge on any atom is -0.350 e. The van der Waals surface area contributed by atoms with Crippen molar-refractivity contribution in [2.45, 2.75) is 19.0 Å². The smallest absolute Gasteiger partial charge is 0.237 e. The molecule has 19 heavy (non-hydrogen) atoms. The average molecular weight is 295 g/mol. The number of rotatable bonds is 5. The Kier molecular flexibility index (Phi) is 4.96. The van der Waals surface area contributed by atoms with Gasteiger partial charge >= 0.3 is 0 Å². The zero-order valence-electron chi connectivity index (χ0n) is 10.3. The molecule has 0 saturated carbocycles. The first-order valence-corrected chi connectivity index (χ1v) is 7.16. The molecule has 0 unspecified atom stereocenters. The monoisotopic (exact) mass is 294 g/mol. The summed E-state index contributed by atoms with van der Waals surface area (Å²) in [5.74, 6) is -0.145. The van der Waals surface area contributed by atoms with Gasteiger partial charge in [0.05, 0.1) is 16.9 Å². The molecule has 2 rings (SSSR count). The molecule has 3 nitrogen and oxygen atoms in total. The van der Waals surface area contributed by atoms with Gasteiger partial charge in [0.15, 0.2) is 0 Å². The summed E-state index contributed by atoms with van der Waals surface area (Å²) in [6.07, 6.45) is 0.540. The molecule has 1 heterocycles. The van der Waals surface area contributed by atoms with Gasteiger partial charge in [0.2, 0.25) is 5.91 Å². The number of halogens is 1. The van der Waals surface area contributed by atoms with Gasteiger partial charge in [0.1, 0.15) is 0 Å². The van der Waals surface area contributed by atoms with Gasteiger partial charge in [0, 0.05) is 4.88 Å². The van der Waals surface area contributed by atoms with Crippen molar-refractivity contribution in [3.63, 3.8) is 0 Å². The zero-order valence-corrected chi connectivity index (χ0v) is 11.9. The van der Waals surface area contributed by atoms with Crippen LogP contribution in [0.15, 0.2) is 42.5 Å². The molecule has 3 N–H and O–H groups in total. The molecule has 0 bridgehead atoms. The van der Waals surface area contributed by atoms with Gasteiger partial charge < -0.3 is 11.1 Å². The fraction of sp³-hybridized carbons (Fsp3) is 0.214. The Morgan fingerprint density at radius 3 is 2.63 bits per heavy atom. The second-order valence-electron chi connectivity index (χ2n) is 4.22. The Morgan fingerprint density at radius 2 is 2.00 bits per heavy atom. The summed E-state index contributed by atoms with van der Waals surface area (Å²) in [4.78, 5) is 12.9. The average Bonchev–Trinajstić information content (AvgIpc) is 2.83. The lowest BCUT2D eigenvalue weighted by molar-refractivity contribution is -0.122. The number of carbonyl (C=O) groups excluding carboxylic acids is 1. The van der Waals surface area contributed by atoms with E-state index in [1.54, 1.807) is 0 Å². The van der Waals surface area contributed by atoms with Crippen molar-refractivity contribution in [3.8, 4) is 0 Å². The Bertz CT molecular complexity index is 541. The largest absolute Gasteiger partial charge is 0.350 e. The first kappa shape index (κ1) is 14.1. The maximum absolute atomic E-state index is 11.9. The Balaban J connectivity index is 1.82. The second kappa shape index (κ2) is 6.70. The molecule has 1 amide bonds. The molecule has 1 atom stereocenters. The molecular formula is C14H15ClN2OS. The van der Waals surface area contributed by atoms with Gasteiger partial charge in [-0.3, -0.25) is 4.79 Å². The van der Waals surface area contributed by atoms with Crippen molar-refractivity contribution in [2.24, 2.45) is 5.73 Å². The highest BCUT2D eigenvalue weighted by molar-refractivity contribution is 7.16. The van der Waals surface area contributed by atoms with Crippen LogP contribution in [0.5, 0.6) is 0 Å². The van der Waals surface area contributed by atoms with Crippen LogP contribution in [0.2, 0.25) is 4.34 Å². The van der Waals surface area contributed by atoms with E-state index in [-0.39, 0.29) is 5.91 Å². The maximum Gasteiger partial charge on any atom is 0.237 e. The van der Waals surface area contributed by atoms with E-state index in [4.69, 9.17) is 17.3 Å². The van der Waals surface area contributed by atoms with E-state index in [1.807, 2.05) is 42.5 Å². The Labute approximate surface area is 121 Å². The number of nitrogens with two attached hydrogens (primary N) is 1. The number of hydrogen-bond acceptors (Lipinski definition) is 3. The van der Waals surface area contributed by atoms with Gasteiger partial charge in [0.25, 0.3) is 0 Å². The topological polar surface area (TPSA) is 55.1 Å². The summed E-state index contributed by atoms with van der Waals surface area (Å²) in [6.45, 7) is 0.471. The Hall–Kier alpha value is -1.36. The third-order valence-electron chi connectivity index (χ3n) is 2.70. The highest BCUT2D eigenvalue weighted by Crippen LogP contribution is 2.20. The SMILES string of the molecule is N[C@H](Cc1ccccc1)C(=O)NCc1ccc(Cl)s1. The van der Waals surface area contributed by atoms with Crippen LogP contribution >= 0.6 is 22.9 Å². The first-order chi connectivity index (χ1) is 9.15. The second-order valence-corrected chi connectivity index (χ2v) is 6.02. The van der Waals surface area contributed by atoms with E-state index in [0.29, 0.717) is 13.0 Å². The lowest BCUT2D eigenvalue weighted by atomic mass is 10.1. The normalized spacial score (nSPS) is 12.1. The van der Waals surface area contributed by atoms with Crippen molar-refractivity contribution in [1.29, 1.82) is 0 Å². The molecule has 100 valence electrons. The molecule has 1 aromatic carbocycles. The van der Waals surface area contributed by atoms with Gasteiger partial charge in [-0.2, -0.15) is 0 Å². The van der Waals surface area contributed by atoms with E-state index >= 15 is 0 Å². The van der Waals surface area contributed by atoms with E-state index in [9.17, 15) is 4.79 Å². The summed E-state index contributed by atoms with van der Waals surface area (Å²) in [5, 5.41) is 2.82. The molecule has 0 radical (unpaired) electrons. The van der Waals surface area contributed by atoms with Crippen LogP contribution in [0, 0.1) is 0 Å². The van der Waals surface area contributed by atoms with Crippen molar-refractivity contribution in [1.82, 2.24) is 5.32 Å². The first-order valence-electron chi connectivity index (χ1n) is 5.96. The molecule has 1 aromatic heterocycles. The van der Waals surface area contributed by atoms with Gasteiger partial charge in [-0.15, -0.1) is 11.3 Å². The van der Waals surface area contributed by atoms with E-state index < -0.39 is 6.04 Å². The molecule has 0 aliphatic carbocycles. The van der Waals surface area contributed by atoms with Crippen LogP contribution in [0.1, 0.15) is 10.4 Å². The number of hydrogen-bond donors (Lipinski definition) is 2. The minimum absolute atomic E-state index is 0.145. The van der Waals surface area contributed by atoms with Crippen molar-refractivity contribution < 1.29 is 4.79 Å². The Morgan fingerprint density at radius 1 is 1.26 bits per heavy atom. The summed E-state index contributed by atoms with van der Waals surface area (Å²) < 4.78 is 0.720. The van der Waals surface area contributed by atoms with Crippen LogP contribution in [0.3, 0.4) is 0 Å². The molecule has 0 aliphatic rings. The molecule has 0 fully saturated rings. The molecular weight excluding hydrogens is 280 g/mol. The van der Waals surface area contributed by atoms with Crippen LogP contribution in [0.4, 0.5) is 0 Å². The lowest BCUT2D eigenvalue weighted by Gasteiger charge is -2.11. The molecule has 0 saturated heterocycles. The number of carbonyl (C=O) groups is 1. The van der Waals surface area contributed by atoms with Crippen molar-refractivity contribution >= 4 is 28.8 Å². The number of thiophene rings is 1. The highest BCUT2D eigenvalue weighted by atomic mass is 35.5. The third-order valence-corrected chi connectivity index (χ3v) is 3.93. The summed E-state index contributed by atoms with van der Waals surface area (Å²) in [5.41, 5.74) is 6.94. The summed E-state index contributed by atoms with van der Waals surface area (Å²) >= 11 is 7.28. The molecule has 0 aliphatic heterocycles. The molecule has 5 heteroatoms. The van der Waals surface area contributed by atoms with Crippen molar-refractivity contribution in [3.05, 3.63) is 57.2 Å². The van der Waals surface area contributed by atoms with Crippen LogP contribution in [-0.4, -0.2) is 11.9 Å². The predicted octanol–water partition coefficient (Wildman–Crippen LogP) is 2.59. The third kappa shape index (κ3) is 4.35. The predicted molar refractivity (Wildman–Crippen MR) is 79.3 cm³/mol. The highest BCUT2D eigenvalue weighted by Gasteiger charge is 2.13. The fourth-order valence-corrected chi connectivity index (χ4v) is 2.74. The van der Waals surface area contributed by atoms with Crippen LogP contribution in [-0.2, 0) is 17.8 Å². The number of benzene rings is 1. The minimum atomic E-state index is -0.530. The quantitative estimate of drug-likeness (QED) is 0.890. The van der Waals surface area contributed by atoms with E-state index in [1.165, 1.54) is 11.3 Å². The van der Waals surface area contributed by atoms with E-state index in [0.717, 1.165) is 14.8 Å². The van der Waals surface area contributed by atoms with E-state index in [2.05, 4.69) is 5.32 Å². The van der Waals surface area contributed by atoms with Crippen molar-refractivity contribution in [2.75, 3.05) is 0 Å². The van der Waals surface area contributed by atoms with Crippen LogP contribution in [0.25, 0.3) is 0 Å².